The molecule has 19 heavy (non-hydrogen) atoms. The first kappa shape index (κ1) is 18.7. The maximum Gasteiger partial charge on any atom is 0.222 e. The van der Waals surface area contributed by atoms with Crippen LogP contribution in [0.25, 0.3) is 0 Å². The second-order valence-corrected chi connectivity index (χ2v) is 5.12. The summed E-state index contributed by atoms with van der Waals surface area (Å²) in [6.45, 7) is 6.60. The first-order valence-electron chi connectivity index (χ1n) is 7.25. The van der Waals surface area contributed by atoms with Crippen LogP contribution in [0.1, 0.15) is 39.0 Å². The van der Waals surface area contributed by atoms with Crippen LogP contribution >= 0.6 is 12.4 Å². The van der Waals surface area contributed by atoms with Gasteiger partial charge in [0.2, 0.25) is 5.91 Å². The summed E-state index contributed by atoms with van der Waals surface area (Å²) in [6.07, 6.45) is 5.16. The van der Waals surface area contributed by atoms with Crippen molar-refractivity contribution in [2.45, 2.75) is 39.0 Å². The normalized spacial score (nSPS) is 18.1. The maximum atomic E-state index is 12.2. The smallest absolute Gasteiger partial charge is 0.222 e. The summed E-state index contributed by atoms with van der Waals surface area (Å²) in [6, 6.07) is 0. The van der Waals surface area contributed by atoms with Gasteiger partial charge < -0.3 is 15.0 Å². The largest absolute Gasteiger partial charge is 0.383 e. The molecular formula is C14H29ClN2O2. The van der Waals surface area contributed by atoms with Gasteiger partial charge in [0.25, 0.3) is 0 Å². The van der Waals surface area contributed by atoms with Crippen LogP contribution < -0.4 is 5.32 Å². The average Bonchev–Trinajstić information content (AvgIpc) is 2.89. The second-order valence-electron chi connectivity index (χ2n) is 5.12. The molecule has 0 aromatic heterocycles. The fourth-order valence-corrected chi connectivity index (χ4v) is 2.36. The number of hydrogen-bond acceptors (Lipinski definition) is 3. The van der Waals surface area contributed by atoms with Gasteiger partial charge in [0, 0.05) is 26.6 Å². The van der Waals surface area contributed by atoms with Gasteiger partial charge >= 0.3 is 0 Å². The van der Waals surface area contributed by atoms with Crippen LogP contribution in [-0.2, 0) is 9.53 Å². The first-order chi connectivity index (χ1) is 8.77. The van der Waals surface area contributed by atoms with Crippen molar-refractivity contribution in [1.29, 1.82) is 0 Å². The molecule has 1 unspecified atom stereocenters. The van der Waals surface area contributed by atoms with E-state index in [-0.39, 0.29) is 12.4 Å². The Morgan fingerprint density at radius 3 is 2.79 bits per heavy atom. The van der Waals surface area contributed by atoms with E-state index >= 15 is 0 Å². The van der Waals surface area contributed by atoms with Crippen LogP contribution in [0.3, 0.4) is 0 Å². The number of amides is 1. The van der Waals surface area contributed by atoms with Gasteiger partial charge in [-0.2, -0.15) is 0 Å². The summed E-state index contributed by atoms with van der Waals surface area (Å²) in [5.41, 5.74) is 0. The Hall–Kier alpha value is -0.320. The van der Waals surface area contributed by atoms with Crippen LogP contribution in [0, 0.1) is 5.92 Å². The van der Waals surface area contributed by atoms with Crippen molar-refractivity contribution in [2.24, 2.45) is 5.92 Å². The number of carbonyl (C=O) groups excluding carboxylic acids is 1. The zero-order valence-corrected chi connectivity index (χ0v) is 13.1. The van der Waals surface area contributed by atoms with Gasteiger partial charge in [0.1, 0.15) is 0 Å². The van der Waals surface area contributed by atoms with E-state index < -0.39 is 0 Å². The molecule has 0 radical (unpaired) electrons. The van der Waals surface area contributed by atoms with Crippen molar-refractivity contribution in [3.8, 4) is 0 Å². The fraction of sp³-hybridized carbons (Fsp3) is 0.929. The van der Waals surface area contributed by atoms with Crippen molar-refractivity contribution in [1.82, 2.24) is 10.2 Å². The molecule has 1 N–H and O–H groups in total. The third-order valence-corrected chi connectivity index (χ3v) is 3.63. The minimum absolute atomic E-state index is 0. The number of nitrogens with zero attached hydrogens (tertiary/aromatic N) is 1. The van der Waals surface area contributed by atoms with Crippen molar-refractivity contribution >= 4 is 18.3 Å². The first-order valence-corrected chi connectivity index (χ1v) is 7.25. The standard InChI is InChI=1S/C14H28N2O2.ClH/c1-3-4-9-16(10-11-18-2)14(17)6-5-13-7-8-15-12-13;/h13,15H,3-12H2,1-2H3;1H. The number of rotatable bonds is 9. The lowest BCUT2D eigenvalue weighted by Gasteiger charge is -2.22. The molecule has 114 valence electrons. The predicted molar refractivity (Wildman–Crippen MR) is 80.8 cm³/mol. The van der Waals surface area contributed by atoms with Crippen LogP contribution in [0.2, 0.25) is 0 Å². The molecule has 0 saturated carbocycles. The van der Waals surface area contributed by atoms with Crippen molar-refractivity contribution < 1.29 is 9.53 Å². The van der Waals surface area contributed by atoms with Gasteiger partial charge in [0.05, 0.1) is 6.61 Å². The van der Waals surface area contributed by atoms with Gasteiger partial charge in [-0.25, -0.2) is 0 Å². The number of ether oxygens (including phenoxy) is 1. The molecule has 5 heteroatoms. The van der Waals surface area contributed by atoms with Crippen LogP contribution in [0.5, 0.6) is 0 Å². The minimum atomic E-state index is 0. The van der Waals surface area contributed by atoms with Gasteiger partial charge in [-0.3, -0.25) is 4.79 Å². The van der Waals surface area contributed by atoms with E-state index in [0.717, 1.165) is 45.4 Å². The zero-order chi connectivity index (χ0) is 13.2. The molecule has 0 aliphatic carbocycles. The summed E-state index contributed by atoms with van der Waals surface area (Å²) in [7, 11) is 1.69. The highest BCUT2D eigenvalue weighted by atomic mass is 35.5. The molecule has 1 heterocycles. The number of nitrogens with one attached hydrogen (secondary N) is 1. The third kappa shape index (κ3) is 7.75. The molecule has 0 bridgehead atoms. The van der Waals surface area contributed by atoms with Crippen LogP contribution in [-0.4, -0.2) is 50.7 Å². The van der Waals surface area contributed by atoms with E-state index in [2.05, 4.69) is 12.2 Å². The molecule has 1 rings (SSSR count). The molecule has 0 aromatic rings. The van der Waals surface area contributed by atoms with E-state index in [1.807, 2.05) is 4.90 Å². The highest BCUT2D eigenvalue weighted by Crippen LogP contribution is 2.15. The molecule has 1 aliphatic rings. The Bertz CT molecular complexity index is 225. The summed E-state index contributed by atoms with van der Waals surface area (Å²) in [4.78, 5) is 14.1. The van der Waals surface area contributed by atoms with E-state index in [1.54, 1.807) is 7.11 Å². The van der Waals surface area contributed by atoms with Gasteiger partial charge in [-0.1, -0.05) is 13.3 Å². The molecule has 1 saturated heterocycles. The molecule has 1 atom stereocenters. The predicted octanol–water partition coefficient (Wildman–Crippen LogP) is 2.07. The molecule has 1 fully saturated rings. The Labute approximate surface area is 123 Å². The maximum absolute atomic E-state index is 12.2. The van der Waals surface area contributed by atoms with E-state index in [4.69, 9.17) is 4.74 Å². The van der Waals surface area contributed by atoms with Crippen LogP contribution in [0.4, 0.5) is 0 Å². The summed E-state index contributed by atoms with van der Waals surface area (Å²) >= 11 is 0. The number of unbranched alkanes of at least 4 members (excludes halogenated alkanes) is 1. The Morgan fingerprint density at radius 1 is 1.42 bits per heavy atom. The van der Waals surface area contributed by atoms with E-state index in [1.165, 1.54) is 6.42 Å². The van der Waals surface area contributed by atoms with Gasteiger partial charge in [0.15, 0.2) is 0 Å². The summed E-state index contributed by atoms with van der Waals surface area (Å²) in [5, 5.41) is 3.35. The summed E-state index contributed by atoms with van der Waals surface area (Å²) < 4.78 is 5.08. The SMILES string of the molecule is CCCCN(CCOC)C(=O)CCC1CCNC1.Cl. The van der Waals surface area contributed by atoms with Gasteiger partial charge in [-0.05, 0) is 38.3 Å². The van der Waals surface area contributed by atoms with Crippen molar-refractivity contribution in [3.05, 3.63) is 0 Å². The molecule has 0 aromatic carbocycles. The number of hydrogen-bond donors (Lipinski definition) is 1. The van der Waals surface area contributed by atoms with E-state index in [9.17, 15) is 4.79 Å². The average molecular weight is 293 g/mol. The second kappa shape index (κ2) is 11.5. The number of methoxy groups -OCH3 is 1. The van der Waals surface area contributed by atoms with Gasteiger partial charge in [-0.15, -0.1) is 12.4 Å². The Morgan fingerprint density at radius 2 is 2.21 bits per heavy atom. The topological polar surface area (TPSA) is 41.6 Å². The quantitative estimate of drug-likeness (QED) is 0.707. The molecule has 1 amide bonds. The lowest BCUT2D eigenvalue weighted by molar-refractivity contribution is -0.132. The van der Waals surface area contributed by atoms with Crippen LogP contribution in [0.15, 0.2) is 0 Å². The van der Waals surface area contributed by atoms with E-state index in [0.29, 0.717) is 24.9 Å². The molecule has 1 aliphatic heterocycles. The highest BCUT2D eigenvalue weighted by Gasteiger charge is 2.18. The van der Waals surface area contributed by atoms with Crippen molar-refractivity contribution in [3.63, 3.8) is 0 Å². The van der Waals surface area contributed by atoms with Crippen molar-refractivity contribution in [2.75, 3.05) is 39.9 Å². The lowest BCUT2D eigenvalue weighted by Crippen LogP contribution is -2.35. The molecular weight excluding hydrogens is 264 g/mol. The molecule has 4 nitrogen and oxygen atoms in total. The Kier molecular flexibility index (Phi) is 11.3. The zero-order valence-electron chi connectivity index (χ0n) is 12.3. The minimum Gasteiger partial charge on any atom is -0.383 e. The summed E-state index contributed by atoms with van der Waals surface area (Å²) in [5.74, 6) is 0.997. The number of halogens is 1. The Balaban J connectivity index is 0.00000324. The molecule has 0 spiro atoms. The highest BCUT2D eigenvalue weighted by molar-refractivity contribution is 5.85. The monoisotopic (exact) mass is 292 g/mol. The lowest BCUT2D eigenvalue weighted by atomic mass is 10.0. The fourth-order valence-electron chi connectivity index (χ4n) is 2.36. The third-order valence-electron chi connectivity index (χ3n) is 3.63. The number of carbonyl (C=O) groups is 1.